The minimum Gasteiger partial charge on any atom is -0.484 e. The third-order valence-electron chi connectivity index (χ3n) is 5.66. The first kappa shape index (κ1) is 21.4. The number of likely N-dealkylation sites (tertiary alicyclic amines) is 1. The summed E-state index contributed by atoms with van der Waals surface area (Å²) in [6, 6.07) is 20.4. The van der Waals surface area contributed by atoms with Gasteiger partial charge in [-0.15, -0.1) is 0 Å². The molecule has 7 nitrogen and oxygen atoms in total. The number of hydrogen-bond donors (Lipinski definition) is 2. The Morgan fingerprint density at radius 2 is 1.69 bits per heavy atom. The van der Waals surface area contributed by atoms with E-state index in [1.807, 2.05) is 47.4 Å². The van der Waals surface area contributed by atoms with Crippen LogP contribution in [-0.4, -0.2) is 42.3 Å². The van der Waals surface area contributed by atoms with Gasteiger partial charge in [0.1, 0.15) is 5.75 Å². The van der Waals surface area contributed by atoms with Gasteiger partial charge in [0, 0.05) is 36.3 Å². The second-order valence-electron chi connectivity index (χ2n) is 7.87. The molecule has 3 aromatic carbocycles. The van der Waals surface area contributed by atoms with Gasteiger partial charge in [0.05, 0.1) is 0 Å². The molecule has 4 rings (SSSR count). The SMILES string of the molecule is NC(=O)COc1cccc(NC(=O)C2CCN(C(=O)c3cccc4ccccc34)CC2)c1. The number of hydrogen-bond acceptors (Lipinski definition) is 4. The number of nitrogens with one attached hydrogen (secondary N) is 1. The van der Waals surface area contributed by atoms with E-state index in [9.17, 15) is 14.4 Å². The molecule has 3 aromatic rings. The fourth-order valence-electron chi connectivity index (χ4n) is 3.99. The van der Waals surface area contributed by atoms with Gasteiger partial charge in [-0.25, -0.2) is 0 Å². The molecule has 1 aliphatic heterocycles. The van der Waals surface area contributed by atoms with Crippen molar-refractivity contribution in [3.8, 4) is 5.75 Å². The van der Waals surface area contributed by atoms with Crippen LogP contribution in [0.1, 0.15) is 23.2 Å². The van der Waals surface area contributed by atoms with Crippen LogP contribution >= 0.6 is 0 Å². The summed E-state index contributed by atoms with van der Waals surface area (Å²) in [5, 5.41) is 4.88. The van der Waals surface area contributed by atoms with E-state index in [2.05, 4.69) is 5.32 Å². The molecule has 0 aliphatic carbocycles. The average molecular weight is 431 g/mol. The van der Waals surface area contributed by atoms with E-state index in [1.165, 1.54) is 0 Å². The number of nitrogens with zero attached hydrogens (tertiary/aromatic N) is 1. The highest BCUT2D eigenvalue weighted by Gasteiger charge is 2.28. The maximum Gasteiger partial charge on any atom is 0.255 e. The Balaban J connectivity index is 1.35. The topological polar surface area (TPSA) is 102 Å². The molecule has 0 bridgehead atoms. The lowest BCUT2D eigenvalue weighted by Gasteiger charge is -2.31. The quantitative estimate of drug-likeness (QED) is 0.626. The Morgan fingerprint density at radius 1 is 0.969 bits per heavy atom. The molecule has 32 heavy (non-hydrogen) atoms. The van der Waals surface area contributed by atoms with Crippen LogP contribution in [0.25, 0.3) is 10.8 Å². The predicted octanol–water partition coefficient (Wildman–Crippen LogP) is 3.19. The highest BCUT2D eigenvalue weighted by atomic mass is 16.5. The van der Waals surface area contributed by atoms with Crippen LogP contribution in [-0.2, 0) is 9.59 Å². The summed E-state index contributed by atoms with van der Waals surface area (Å²) >= 11 is 0. The second kappa shape index (κ2) is 9.51. The van der Waals surface area contributed by atoms with E-state index in [4.69, 9.17) is 10.5 Å². The number of amides is 3. The fraction of sp³-hybridized carbons (Fsp3) is 0.240. The number of anilines is 1. The Labute approximate surface area is 186 Å². The van der Waals surface area contributed by atoms with E-state index >= 15 is 0 Å². The van der Waals surface area contributed by atoms with Crippen molar-refractivity contribution in [2.24, 2.45) is 11.7 Å². The highest BCUT2D eigenvalue weighted by Crippen LogP contribution is 2.25. The molecule has 7 heteroatoms. The van der Waals surface area contributed by atoms with Crippen LogP contribution in [0.5, 0.6) is 5.75 Å². The molecule has 0 radical (unpaired) electrons. The predicted molar refractivity (Wildman–Crippen MR) is 122 cm³/mol. The van der Waals surface area contributed by atoms with Gasteiger partial charge in [0.25, 0.3) is 11.8 Å². The van der Waals surface area contributed by atoms with Crippen LogP contribution < -0.4 is 15.8 Å². The Morgan fingerprint density at radius 3 is 2.47 bits per heavy atom. The molecule has 164 valence electrons. The minimum atomic E-state index is -0.566. The van der Waals surface area contributed by atoms with Crippen molar-refractivity contribution in [2.75, 3.05) is 25.0 Å². The first-order chi connectivity index (χ1) is 15.5. The molecule has 1 fully saturated rings. The number of carbonyl (C=O) groups is 3. The van der Waals surface area contributed by atoms with Crippen molar-refractivity contribution in [3.63, 3.8) is 0 Å². The van der Waals surface area contributed by atoms with E-state index in [1.54, 1.807) is 24.3 Å². The Kier molecular flexibility index (Phi) is 6.35. The number of fused-ring (bicyclic) bond motifs is 1. The summed E-state index contributed by atoms with van der Waals surface area (Å²) in [5.74, 6) is -0.377. The number of primary amides is 1. The lowest BCUT2D eigenvalue weighted by molar-refractivity contribution is -0.121. The number of rotatable bonds is 6. The molecule has 0 spiro atoms. The summed E-state index contributed by atoms with van der Waals surface area (Å²) in [6.07, 6.45) is 1.19. The van der Waals surface area contributed by atoms with Crippen molar-refractivity contribution in [3.05, 3.63) is 72.3 Å². The van der Waals surface area contributed by atoms with Crippen molar-refractivity contribution in [2.45, 2.75) is 12.8 Å². The van der Waals surface area contributed by atoms with E-state index in [0.717, 1.165) is 10.8 Å². The summed E-state index contributed by atoms with van der Waals surface area (Å²) < 4.78 is 5.28. The fourth-order valence-corrected chi connectivity index (χ4v) is 3.99. The van der Waals surface area contributed by atoms with Gasteiger partial charge in [0.2, 0.25) is 5.91 Å². The summed E-state index contributed by atoms with van der Waals surface area (Å²) in [5.41, 5.74) is 6.37. The average Bonchev–Trinajstić information content (AvgIpc) is 2.82. The first-order valence-corrected chi connectivity index (χ1v) is 10.6. The van der Waals surface area contributed by atoms with E-state index in [-0.39, 0.29) is 24.3 Å². The minimum absolute atomic E-state index is 0.0000380. The Hall–Kier alpha value is -3.87. The maximum absolute atomic E-state index is 13.1. The van der Waals surface area contributed by atoms with Crippen LogP contribution in [0.2, 0.25) is 0 Å². The van der Waals surface area contributed by atoms with Crippen LogP contribution in [0.4, 0.5) is 5.69 Å². The summed E-state index contributed by atoms with van der Waals surface area (Å²) in [7, 11) is 0. The Bertz CT molecular complexity index is 1150. The molecule has 3 amide bonds. The zero-order valence-electron chi connectivity index (χ0n) is 17.6. The van der Waals surface area contributed by atoms with Crippen molar-refractivity contribution in [1.82, 2.24) is 4.90 Å². The molecule has 1 aliphatic rings. The van der Waals surface area contributed by atoms with Gasteiger partial charge in [-0.2, -0.15) is 0 Å². The molecule has 1 heterocycles. The largest absolute Gasteiger partial charge is 0.484 e. The molecule has 0 atom stereocenters. The van der Waals surface area contributed by atoms with Gasteiger partial charge in [-0.3, -0.25) is 14.4 Å². The third kappa shape index (κ3) is 4.88. The van der Waals surface area contributed by atoms with E-state index < -0.39 is 5.91 Å². The molecule has 3 N–H and O–H groups in total. The van der Waals surface area contributed by atoms with Gasteiger partial charge in [-0.1, -0.05) is 42.5 Å². The van der Waals surface area contributed by atoms with Gasteiger partial charge in [-0.05, 0) is 41.8 Å². The van der Waals surface area contributed by atoms with Crippen molar-refractivity contribution >= 4 is 34.2 Å². The molecule has 0 unspecified atom stereocenters. The first-order valence-electron chi connectivity index (χ1n) is 10.6. The van der Waals surface area contributed by atoms with Gasteiger partial charge >= 0.3 is 0 Å². The van der Waals surface area contributed by atoms with Crippen LogP contribution in [0, 0.1) is 5.92 Å². The lowest BCUT2D eigenvalue weighted by Crippen LogP contribution is -2.41. The standard InChI is InChI=1S/C25H25N3O4/c26-23(29)16-32-20-8-4-7-19(15-20)27-24(30)18-11-13-28(14-12-18)25(31)22-10-3-6-17-5-1-2-9-21(17)22/h1-10,15,18H,11-14,16H2,(H2,26,29)(H,27,30). The molecular weight excluding hydrogens is 406 g/mol. The van der Waals surface area contributed by atoms with Gasteiger partial charge in [0.15, 0.2) is 6.61 Å². The van der Waals surface area contributed by atoms with Crippen LogP contribution in [0.15, 0.2) is 66.7 Å². The van der Waals surface area contributed by atoms with Crippen molar-refractivity contribution in [1.29, 1.82) is 0 Å². The number of nitrogens with two attached hydrogens (primary N) is 1. The van der Waals surface area contributed by atoms with E-state index in [0.29, 0.717) is 42.9 Å². The van der Waals surface area contributed by atoms with Gasteiger partial charge < -0.3 is 20.7 Å². The third-order valence-corrected chi connectivity index (χ3v) is 5.66. The number of benzene rings is 3. The normalized spacial score (nSPS) is 14.2. The highest BCUT2D eigenvalue weighted by molar-refractivity contribution is 6.07. The maximum atomic E-state index is 13.1. The second-order valence-corrected chi connectivity index (χ2v) is 7.87. The molecule has 0 aromatic heterocycles. The smallest absolute Gasteiger partial charge is 0.255 e. The molecule has 0 saturated carbocycles. The monoisotopic (exact) mass is 431 g/mol. The molecule has 1 saturated heterocycles. The number of piperidine rings is 1. The zero-order chi connectivity index (χ0) is 22.5. The summed E-state index contributed by atoms with van der Waals surface area (Å²) in [4.78, 5) is 38.5. The lowest BCUT2D eigenvalue weighted by atomic mass is 9.94. The zero-order valence-corrected chi connectivity index (χ0v) is 17.6. The number of carbonyl (C=O) groups excluding carboxylic acids is 3. The van der Waals surface area contributed by atoms with Crippen molar-refractivity contribution < 1.29 is 19.1 Å². The summed E-state index contributed by atoms with van der Waals surface area (Å²) in [6.45, 7) is 0.838. The number of ether oxygens (including phenoxy) is 1. The van der Waals surface area contributed by atoms with Crippen LogP contribution in [0.3, 0.4) is 0 Å². The molecular formula is C25H25N3O4.